The molecule has 0 aromatic carbocycles. The second kappa shape index (κ2) is 3.45. The number of ketones is 1. The summed E-state index contributed by atoms with van der Waals surface area (Å²) in [7, 11) is 0. The fourth-order valence-corrected chi connectivity index (χ4v) is 2.49. The van der Waals surface area contributed by atoms with Crippen LogP contribution < -0.4 is 5.32 Å². The molecule has 4 heteroatoms. The molecule has 1 aromatic heterocycles. The van der Waals surface area contributed by atoms with Crippen LogP contribution in [-0.2, 0) is 19.5 Å². The number of Topliss-reactive ketones (excluding diaryl/α,β-unsaturated/α-hetero) is 1. The number of hydrogen-bond donors (Lipinski definition) is 1. The third kappa shape index (κ3) is 1.40. The minimum atomic E-state index is 0.282. The summed E-state index contributed by atoms with van der Waals surface area (Å²) < 4.78 is 1.94. The minimum Gasteiger partial charge on any atom is -0.312 e. The third-order valence-electron chi connectivity index (χ3n) is 3.26. The molecular weight excluding hydrogens is 190 g/mol. The van der Waals surface area contributed by atoms with Crippen LogP contribution in [0.1, 0.15) is 41.0 Å². The van der Waals surface area contributed by atoms with Gasteiger partial charge in [-0.25, -0.2) is 0 Å². The first-order valence-corrected chi connectivity index (χ1v) is 5.69. The second-order valence-corrected chi connectivity index (χ2v) is 4.30. The lowest BCUT2D eigenvalue weighted by Crippen LogP contribution is -2.24. The highest BCUT2D eigenvalue weighted by Gasteiger charge is 2.25. The summed E-state index contributed by atoms with van der Waals surface area (Å²) in [4.78, 5) is 11.9. The van der Waals surface area contributed by atoms with Crippen LogP contribution >= 0.6 is 0 Å². The average Bonchev–Trinajstić information content (AvgIpc) is 2.53. The Balaban J connectivity index is 2.12. The first-order valence-electron chi connectivity index (χ1n) is 5.69. The molecule has 4 nitrogen and oxygen atoms in total. The molecule has 0 bridgehead atoms. The van der Waals surface area contributed by atoms with E-state index in [0.717, 1.165) is 55.8 Å². The van der Waals surface area contributed by atoms with E-state index < -0.39 is 0 Å². The first-order chi connectivity index (χ1) is 7.36. The molecule has 0 atom stereocenters. The van der Waals surface area contributed by atoms with Crippen molar-refractivity contribution in [3.05, 3.63) is 17.0 Å². The molecule has 2 aliphatic heterocycles. The van der Waals surface area contributed by atoms with Crippen LogP contribution in [0.5, 0.6) is 0 Å². The van der Waals surface area contributed by atoms with Crippen molar-refractivity contribution < 1.29 is 4.79 Å². The first kappa shape index (κ1) is 9.09. The third-order valence-corrected chi connectivity index (χ3v) is 3.26. The predicted octanol–water partition coefficient (Wildman–Crippen LogP) is 0.895. The Bertz CT molecular complexity index is 408. The minimum absolute atomic E-state index is 0.282. The maximum Gasteiger partial charge on any atom is 0.181 e. The molecular formula is C11H15N3O. The smallest absolute Gasteiger partial charge is 0.181 e. The van der Waals surface area contributed by atoms with Gasteiger partial charge in [0.25, 0.3) is 0 Å². The van der Waals surface area contributed by atoms with Gasteiger partial charge < -0.3 is 5.32 Å². The fourth-order valence-electron chi connectivity index (χ4n) is 2.49. The van der Waals surface area contributed by atoms with E-state index in [2.05, 4.69) is 10.4 Å². The van der Waals surface area contributed by atoms with Gasteiger partial charge in [0.2, 0.25) is 0 Å². The van der Waals surface area contributed by atoms with Crippen molar-refractivity contribution in [2.45, 2.75) is 38.8 Å². The number of hydrogen-bond acceptors (Lipinski definition) is 3. The quantitative estimate of drug-likeness (QED) is 0.684. The molecule has 3 heterocycles. The van der Waals surface area contributed by atoms with E-state index in [-0.39, 0.29) is 5.78 Å². The van der Waals surface area contributed by atoms with Gasteiger partial charge in [0.1, 0.15) is 5.69 Å². The summed E-state index contributed by atoms with van der Waals surface area (Å²) in [6.45, 7) is 2.71. The van der Waals surface area contributed by atoms with E-state index in [1.807, 2.05) is 4.68 Å². The van der Waals surface area contributed by atoms with Crippen LogP contribution in [0.4, 0.5) is 0 Å². The zero-order valence-electron chi connectivity index (χ0n) is 8.75. The largest absolute Gasteiger partial charge is 0.312 e. The van der Waals surface area contributed by atoms with Crippen LogP contribution in [-0.4, -0.2) is 22.1 Å². The highest BCUT2D eigenvalue weighted by molar-refractivity contribution is 5.96. The lowest BCUT2D eigenvalue weighted by Gasteiger charge is -2.11. The average molecular weight is 205 g/mol. The molecule has 2 aliphatic rings. The molecule has 0 saturated heterocycles. The molecule has 1 N–H and O–H groups in total. The van der Waals surface area contributed by atoms with E-state index in [4.69, 9.17) is 0 Å². The summed E-state index contributed by atoms with van der Waals surface area (Å²) in [5.74, 6) is 0.282. The van der Waals surface area contributed by atoms with E-state index in [1.54, 1.807) is 0 Å². The Morgan fingerprint density at radius 2 is 2.20 bits per heavy atom. The fraction of sp³-hybridized carbons (Fsp3) is 0.636. The van der Waals surface area contributed by atoms with E-state index in [9.17, 15) is 4.79 Å². The molecule has 0 amide bonds. The second-order valence-electron chi connectivity index (χ2n) is 4.30. The Morgan fingerprint density at radius 3 is 3.13 bits per heavy atom. The zero-order chi connectivity index (χ0) is 10.3. The van der Waals surface area contributed by atoms with E-state index in [0.29, 0.717) is 6.42 Å². The van der Waals surface area contributed by atoms with Crippen molar-refractivity contribution in [2.24, 2.45) is 0 Å². The number of rotatable bonds is 0. The van der Waals surface area contributed by atoms with Gasteiger partial charge in [0, 0.05) is 38.0 Å². The molecule has 0 aliphatic carbocycles. The molecule has 0 fully saturated rings. The molecule has 80 valence electrons. The Labute approximate surface area is 88.7 Å². The van der Waals surface area contributed by atoms with Gasteiger partial charge in [-0.15, -0.1) is 0 Å². The molecule has 0 unspecified atom stereocenters. The molecule has 0 radical (unpaired) electrons. The molecule has 0 saturated carbocycles. The molecule has 15 heavy (non-hydrogen) atoms. The number of nitrogens with one attached hydrogen (secondary N) is 1. The van der Waals surface area contributed by atoms with E-state index in [1.165, 1.54) is 0 Å². The summed E-state index contributed by atoms with van der Waals surface area (Å²) in [5, 5.41) is 7.87. The Kier molecular flexibility index (Phi) is 2.09. The summed E-state index contributed by atoms with van der Waals surface area (Å²) in [6, 6.07) is 0. The van der Waals surface area contributed by atoms with Gasteiger partial charge >= 0.3 is 0 Å². The number of carbonyl (C=O) groups excluding carboxylic acids is 1. The van der Waals surface area contributed by atoms with Gasteiger partial charge in [0.05, 0.1) is 5.69 Å². The van der Waals surface area contributed by atoms with Gasteiger partial charge in [-0.2, -0.15) is 5.10 Å². The monoisotopic (exact) mass is 205 g/mol. The summed E-state index contributed by atoms with van der Waals surface area (Å²) >= 11 is 0. The highest BCUT2D eigenvalue weighted by Crippen LogP contribution is 2.23. The van der Waals surface area contributed by atoms with Crippen molar-refractivity contribution in [1.29, 1.82) is 0 Å². The van der Waals surface area contributed by atoms with Crippen LogP contribution in [0.15, 0.2) is 0 Å². The number of nitrogens with zero attached hydrogens (tertiary/aromatic N) is 2. The van der Waals surface area contributed by atoms with Gasteiger partial charge in [-0.05, 0) is 12.8 Å². The SMILES string of the molecule is O=C1CCCCn2nc3c(c21)CNCC3. The van der Waals surface area contributed by atoms with Crippen molar-refractivity contribution in [3.63, 3.8) is 0 Å². The van der Waals surface area contributed by atoms with Crippen LogP contribution in [0.25, 0.3) is 0 Å². The maximum atomic E-state index is 11.9. The van der Waals surface area contributed by atoms with Gasteiger partial charge in [0.15, 0.2) is 5.78 Å². The number of carbonyl (C=O) groups is 1. The summed E-state index contributed by atoms with van der Waals surface area (Å²) in [5.41, 5.74) is 3.18. The van der Waals surface area contributed by atoms with Crippen molar-refractivity contribution in [1.82, 2.24) is 15.1 Å². The topological polar surface area (TPSA) is 46.9 Å². The van der Waals surface area contributed by atoms with Gasteiger partial charge in [-0.3, -0.25) is 9.48 Å². The lowest BCUT2D eigenvalue weighted by molar-refractivity contribution is 0.0975. The number of aryl methyl sites for hydroxylation is 1. The van der Waals surface area contributed by atoms with Crippen LogP contribution in [0.3, 0.4) is 0 Å². The van der Waals surface area contributed by atoms with Crippen LogP contribution in [0.2, 0.25) is 0 Å². The Morgan fingerprint density at radius 1 is 1.27 bits per heavy atom. The predicted molar refractivity (Wildman–Crippen MR) is 55.8 cm³/mol. The highest BCUT2D eigenvalue weighted by atomic mass is 16.1. The number of aromatic nitrogens is 2. The molecule has 3 rings (SSSR count). The van der Waals surface area contributed by atoms with Crippen molar-refractivity contribution in [2.75, 3.05) is 6.54 Å². The Hall–Kier alpha value is -1.16. The standard InChI is InChI=1S/C11H15N3O/c15-10-3-1-2-6-14-11(10)8-7-12-5-4-9(8)13-14/h12H,1-7H2. The maximum absolute atomic E-state index is 11.9. The van der Waals surface area contributed by atoms with Crippen molar-refractivity contribution in [3.8, 4) is 0 Å². The normalized spacial score (nSPS) is 20.7. The number of fused-ring (bicyclic) bond motifs is 3. The summed E-state index contributed by atoms with van der Waals surface area (Å²) in [6.07, 6.45) is 3.73. The van der Waals surface area contributed by atoms with Crippen molar-refractivity contribution >= 4 is 5.78 Å². The molecule has 1 aromatic rings. The van der Waals surface area contributed by atoms with E-state index >= 15 is 0 Å². The lowest BCUT2D eigenvalue weighted by atomic mass is 10.0. The van der Waals surface area contributed by atoms with Crippen LogP contribution in [0, 0.1) is 0 Å². The molecule has 0 spiro atoms. The van der Waals surface area contributed by atoms with Gasteiger partial charge in [-0.1, -0.05) is 0 Å². The zero-order valence-corrected chi connectivity index (χ0v) is 8.75.